The molecule has 2 amide bonds. The molecule has 0 saturated heterocycles. The number of hydrogen-bond donors (Lipinski definition) is 2. The first-order valence-corrected chi connectivity index (χ1v) is 9.66. The van der Waals surface area contributed by atoms with Crippen LogP contribution >= 0.6 is 0 Å². The molecule has 7 heteroatoms. The van der Waals surface area contributed by atoms with Crippen LogP contribution < -0.4 is 29.6 Å². The molecule has 2 aromatic rings. The molecule has 1 aliphatic rings. The third-order valence-electron chi connectivity index (χ3n) is 4.78. The average molecular weight is 400 g/mol. The molecule has 0 aliphatic carbocycles. The summed E-state index contributed by atoms with van der Waals surface area (Å²) in [6.45, 7) is 5.59. The number of carbonyl (C=O) groups is 1. The van der Waals surface area contributed by atoms with Gasteiger partial charge in [-0.2, -0.15) is 0 Å². The van der Waals surface area contributed by atoms with Gasteiger partial charge in [-0.05, 0) is 41.3 Å². The van der Waals surface area contributed by atoms with Gasteiger partial charge in [-0.3, -0.25) is 0 Å². The summed E-state index contributed by atoms with van der Waals surface area (Å²) in [6, 6.07) is 11.0. The van der Waals surface area contributed by atoms with Crippen molar-refractivity contribution in [2.24, 2.45) is 5.92 Å². The Bertz CT molecular complexity index is 853. The van der Waals surface area contributed by atoms with Crippen LogP contribution in [0.4, 0.5) is 4.79 Å². The predicted molar refractivity (Wildman–Crippen MR) is 110 cm³/mol. The summed E-state index contributed by atoms with van der Waals surface area (Å²) in [6.07, 6.45) is 0. The summed E-state index contributed by atoms with van der Waals surface area (Å²) in [5.74, 6) is 2.93. The number of urea groups is 1. The first-order valence-electron chi connectivity index (χ1n) is 9.66. The smallest absolute Gasteiger partial charge is 0.315 e. The molecule has 0 bridgehead atoms. The fourth-order valence-corrected chi connectivity index (χ4v) is 3.25. The number of hydrogen-bond acceptors (Lipinski definition) is 5. The molecule has 0 spiro atoms. The van der Waals surface area contributed by atoms with Crippen molar-refractivity contribution in [1.82, 2.24) is 10.6 Å². The van der Waals surface area contributed by atoms with E-state index in [0.29, 0.717) is 37.0 Å². The van der Waals surface area contributed by atoms with Gasteiger partial charge in [0.15, 0.2) is 23.0 Å². The van der Waals surface area contributed by atoms with E-state index in [1.165, 1.54) is 0 Å². The molecule has 3 rings (SSSR count). The summed E-state index contributed by atoms with van der Waals surface area (Å²) in [7, 11) is 3.18. The Morgan fingerprint density at radius 3 is 2.41 bits per heavy atom. The molecule has 1 unspecified atom stereocenters. The molecule has 156 valence electrons. The molecule has 7 nitrogen and oxygen atoms in total. The van der Waals surface area contributed by atoms with Gasteiger partial charge >= 0.3 is 6.03 Å². The normalized spacial score (nSPS) is 13.6. The Kier molecular flexibility index (Phi) is 6.69. The van der Waals surface area contributed by atoms with Crippen molar-refractivity contribution in [3.63, 3.8) is 0 Å². The van der Waals surface area contributed by atoms with Gasteiger partial charge in [0.05, 0.1) is 20.3 Å². The topological polar surface area (TPSA) is 78.1 Å². The minimum Gasteiger partial charge on any atom is -0.493 e. The molecule has 0 radical (unpaired) electrons. The largest absolute Gasteiger partial charge is 0.493 e. The maximum absolute atomic E-state index is 12.5. The summed E-state index contributed by atoms with van der Waals surface area (Å²) in [5.41, 5.74) is 1.89. The fourth-order valence-electron chi connectivity index (χ4n) is 3.25. The van der Waals surface area contributed by atoms with Crippen molar-refractivity contribution in [2.75, 3.05) is 27.4 Å². The highest BCUT2D eigenvalue weighted by atomic mass is 16.6. The number of amides is 2. The molecule has 1 heterocycles. The molecule has 29 heavy (non-hydrogen) atoms. The highest BCUT2D eigenvalue weighted by Crippen LogP contribution is 2.34. The van der Waals surface area contributed by atoms with Gasteiger partial charge in [-0.25, -0.2) is 4.79 Å². The molecule has 2 N–H and O–H groups in total. The number of nitrogens with one attached hydrogen (secondary N) is 2. The lowest BCUT2D eigenvalue weighted by Gasteiger charge is -2.25. The Morgan fingerprint density at radius 1 is 1.00 bits per heavy atom. The van der Waals surface area contributed by atoms with Crippen molar-refractivity contribution in [1.29, 1.82) is 0 Å². The van der Waals surface area contributed by atoms with E-state index in [1.807, 2.05) is 36.4 Å². The molecule has 2 aromatic carbocycles. The quantitative estimate of drug-likeness (QED) is 0.741. The van der Waals surface area contributed by atoms with Crippen LogP contribution in [0.5, 0.6) is 23.0 Å². The SMILES string of the molecule is COc1ccc(CNC(=O)NC(c2ccc3c(c2)OCCO3)C(C)C)cc1OC. The van der Waals surface area contributed by atoms with Gasteiger partial charge in [0.1, 0.15) is 13.2 Å². The Hall–Kier alpha value is -3.09. The van der Waals surface area contributed by atoms with Crippen molar-refractivity contribution in [3.8, 4) is 23.0 Å². The zero-order chi connectivity index (χ0) is 20.8. The number of rotatable bonds is 7. The monoisotopic (exact) mass is 400 g/mol. The molecule has 0 aromatic heterocycles. The van der Waals surface area contributed by atoms with Crippen LogP contribution in [0, 0.1) is 5.92 Å². The second-order valence-electron chi connectivity index (χ2n) is 7.14. The van der Waals surface area contributed by atoms with Crippen molar-refractivity contribution in [3.05, 3.63) is 47.5 Å². The highest BCUT2D eigenvalue weighted by molar-refractivity contribution is 5.74. The zero-order valence-corrected chi connectivity index (χ0v) is 17.3. The fraction of sp³-hybridized carbons (Fsp3) is 0.409. The van der Waals surface area contributed by atoms with E-state index < -0.39 is 0 Å². The van der Waals surface area contributed by atoms with Gasteiger partial charge in [-0.15, -0.1) is 0 Å². The van der Waals surface area contributed by atoms with Gasteiger partial charge in [0.2, 0.25) is 0 Å². The molecule has 0 fully saturated rings. The van der Waals surface area contributed by atoms with Gasteiger partial charge in [-0.1, -0.05) is 26.0 Å². The Morgan fingerprint density at radius 2 is 1.72 bits per heavy atom. The summed E-state index contributed by atoms with van der Waals surface area (Å²) in [5, 5.41) is 5.96. The van der Waals surface area contributed by atoms with E-state index >= 15 is 0 Å². The first kappa shape index (κ1) is 20.6. The van der Waals surface area contributed by atoms with Crippen LogP contribution in [0.15, 0.2) is 36.4 Å². The van der Waals surface area contributed by atoms with Crippen LogP contribution in [0.2, 0.25) is 0 Å². The molecular formula is C22H28N2O5. The summed E-state index contributed by atoms with van der Waals surface area (Å²) in [4.78, 5) is 12.5. The molecule has 1 aliphatic heterocycles. The highest BCUT2D eigenvalue weighted by Gasteiger charge is 2.21. The van der Waals surface area contributed by atoms with Crippen molar-refractivity contribution < 1.29 is 23.7 Å². The van der Waals surface area contributed by atoms with Crippen LogP contribution in [0.3, 0.4) is 0 Å². The van der Waals surface area contributed by atoms with Crippen molar-refractivity contribution in [2.45, 2.75) is 26.4 Å². The van der Waals surface area contributed by atoms with Crippen LogP contribution in [0.1, 0.15) is 31.0 Å². The molecule has 1 atom stereocenters. The first-order chi connectivity index (χ1) is 14.0. The maximum Gasteiger partial charge on any atom is 0.315 e. The predicted octanol–water partition coefficient (Wildman–Crippen LogP) is 3.67. The van der Waals surface area contributed by atoms with E-state index in [9.17, 15) is 4.79 Å². The zero-order valence-electron chi connectivity index (χ0n) is 17.3. The Labute approximate surface area is 171 Å². The standard InChI is InChI=1S/C22H28N2O5/c1-14(2)21(16-6-8-18-20(12-16)29-10-9-28-18)24-22(25)23-13-15-5-7-17(26-3)19(11-15)27-4/h5-8,11-12,14,21H,9-10,13H2,1-4H3,(H2,23,24,25). The van der Waals surface area contributed by atoms with Crippen molar-refractivity contribution >= 4 is 6.03 Å². The third-order valence-corrected chi connectivity index (χ3v) is 4.78. The summed E-state index contributed by atoms with van der Waals surface area (Å²) < 4.78 is 21.8. The third kappa shape index (κ3) is 5.04. The summed E-state index contributed by atoms with van der Waals surface area (Å²) >= 11 is 0. The Balaban J connectivity index is 1.64. The van der Waals surface area contributed by atoms with Crippen LogP contribution in [-0.4, -0.2) is 33.5 Å². The second-order valence-corrected chi connectivity index (χ2v) is 7.14. The van der Waals surface area contributed by atoms with Gasteiger partial charge < -0.3 is 29.6 Å². The number of fused-ring (bicyclic) bond motifs is 1. The van der Waals surface area contributed by atoms with E-state index in [1.54, 1.807) is 14.2 Å². The number of methoxy groups -OCH3 is 2. The minimum absolute atomic E-state index is 0.156. The van der Waals surface area contributed by atoms with Gasteiger partial charge in [0.25, 0.3) is 0 Å². The van der Waals surface area contributed by atoms with E-state index in [2.05, 4.69) is 24.5 Å². The number of ether oxygens (including phenoxy) is 4. The number of carbonyl (C=O) groups excluding carboxylic acids is 1. The number of benzene rings is 2. The molecule has 0 saturated carbocycles. The van der Waals surface area contributed by atoms with E-state index in [4.69, 9.17) is 18.9 Å². The second kappa shape index (κ2) is 9.41. The van der Waals surface area contributed by atoms with E-state index in [0.717, 1.165) is 16.9 Å². The lowest BCUT2D eigenvalue weighted by atomic mass is 9.95. The van der Waals surface area contributed by atoms with Gasteiger partial charge in [0, 0.05) is 6.54 Å². The maximum atomic E-state index is 12.5. The lowest BCUT2D eigenvalue weighted by molar-refractivity contribution is 0.171. The lowest BCUT2D eigenvalue weighted by Crippen LogP contribution is -2.39. The van der Waals surface area contributed by atoms with E-state index in [-0.39, 0.29) is 18.0 Å². The van der Waals surface area contributed by atoms with Crippen LogP contribution in [0.25, 0.3) is 0 Å². The minimum atomic E-state index is -0.242. The molecular weight excluding hydrogens is 372 g/mol. The average Bonchev–Trinajstić information content (AvgIpc) is 2.75. The van der Waals surface area contributed by atoms with Crippen LogP contribution in [-0.2, 0) is 6.54 Å².